The highest BCUT2D eigenvalue weighted by atomic mass is 32.2. The lowest BCUT2D eigenvalue weighted by Crippen LogP contribution is -2.22. The summed E-state index contributed by atoms with van der Waals surface area (Å²) in [5.41, 5.74) is 0. The zero-order valence-electron chi connectivity index (χ0n) is 8.04. The van der Waals surface area contributed by atoms with Crippen molar-refractivity contribution in [1.82, 2.24) is 0 Å². The second kappa shape index (κ2) is 7.71. The predicted octanol–water partition coefficient (Wildman–Crippen LogP) is 1.15. The summed E-state index contributed by atoms with van der Waals surface area (Å²) in [7, 11) is 2.32. The minimum atomic E-state index is -0.800. The van der Waals surface area contributed by atoms with Crippen LogP contribution in [-0.2, 0) is 20.3 Å². The van der Waals surface area contributed by atoms with E-state index in [0.717, 1.165) is 18.6 Å². The van der Waals surface area contributed by atoms with Crippen molar-refractivity contribution in [1.29, 1.82) is 0 Å². The third-order valence-corrected chi connectivity index (χ3v) is 2.96. The summed E-state index contributed by atoms with van der Waals surface area (Å²) < 4.78 is 21.2. The van der Waals surface area contributed by atoms with Gasteiger partial charge in [0.15, 0.2) is 6.29 Å². The van der Waals surface area contributed by atoms with Crippen LogP contribution in [0.3, 0.4) is 0 Å². The monoisotopic (exact) mass is 194 g/mol. The molecule has 0 aliphatic rings. The van der Waals surface area contributed by atoms with E-state index in [2.05, 4.69) is 6.92 Å². The van der Waals surface area contributed by atoms with Crippen molar-refractivity contribution in [3.63, 3.8) is 0 Å². The second-order valence-electron chi connectivity index (χ2n) is 2.57. The predicted molar refractivity (Wildman–Crippen MR) is 50.6 cm³/mol. The molecule has 3 nitrogen and oxygen atoms in total. The van der Waals surface area contributed by atoms with Crippen LogP contribution in [0.25, 0.3) is 0 Å². The highest BCUT2D eigenvalue weighted by Crippen LogP contribution is 1.98. The van der Waals surface area contributed by atoms with Gasteiger partial charge in [-0.05, 0) is 6.42 Å². The van der Waals surface area contributed by atoms with E-state index < -0.39 is 10.8 Å². The molecule has 0 heterocycles. The first kappa shape index (κ1) is 12.1. The molecule has 0 N–H and O–H groups in total. The third-order valence-electron chi connectivity index (χ3n) is 1.57. The molecular formula is C8H18O3S. The zero-order valence-corrected chi connectivity index (χ0v) is 8.86. The molecule has 0 saturated carbocycles. The van der Waals surface area contributed by atoms with Gasteiger partial charge in [0.2, 0.25) is 0 Å². The number of hydrogen-bond acceptors (Lipinski definition) is 3. The molecule has 0 aromatic rings. The van der Waals surface area contributed by atoms with Crippen LogP contribution in [0.15, 0.2) is 0 Å². The second-order valence-corrected chi connectivity index (χ2v) is 4.19. The van der Waals surface area contributed by atoms with Crippen molar-refractivity contribution in [2.45, 2.75) is 26.1 Å². The maximum absolute atomic E-state index is 11.3. The van der Waals surface area contributed by atoms with Crippen LogP contribution in [0.4, 0.5) is 0 Å². The maximum atomic E-state index is 11.3. The van der Waals surface area contributed by atoms with E-state index in [1.54, 1.807) is 14.2 Å². The van der Waals surface area contributed by atoms with Crippen LogP contribution in [-0.4, -0.2) is 36.2 Å². The number of ether oxygens (including phenoxy) is 2. The van der Waals surface area contributed by atoms with Gasteiger partial charge in [-0.3, -0.25) is 4.21 Å². The topological polar surface area (TPSA) is 35.5 Å². The maximum Gasteiger partial charge on any atom is 0.168 e. The largest absolute Gasteiger partial charge is 0.355 e. The Balaban J connectivity index is 3.52. The number of rotatable bonds is 7. The fourth-order valence-electron chi connectivity index (χ4n) is 0.773. The minimum Gasteiger partial charge on any atom is -0.355 e. The highest BCUT2D eigenvalue weighted by molar-refractivity contribution is 7.85. The van der Waals surface area contributed by atoms with Gasteiger partial charge in [0, 0.05) is 30.8 Å². The molecule has 0 aliphatic carbocycles. The molecule has 0 aromatic carbocycles. The first-order valence-electron chi connectivity index (χ1n) is 4.15. The standard InChI is InChI=1S/C8H18O3S/c1-4-5-6-12(9)7-8(10-2)11-3/h8H,4-7H2,1-3H3. The average molecular weight is 194 g/mol. The van der Waals surface area contributed by atoms with Gasteiger partial charge in [0.05, 0.1) is 5.75 Å². The van der Waals surface area contributed by atoms with Crippen LogP contribution >= 0.6 is 0 Å². The molecule has 74 valence electrons. The van der Waals surface area contributed by atoms with Gasteiger partial charge in [0.25, 0.3) is 0 Å². The van der Waals surface area contributed by atoms with Gasteiger partial charge in [-0.15, -0.1) is 0 Å². The van der Waals surface area contributed by atoms with Crippen LogP contribution in [0.5, 0.6) is 0 Å². The van der Waals surface area contributed by atoms with E-state index >= 15 is 0 Å². The van der Waals surface area contributed by atoms with E-state index in [0.29, 0.717) is 5.75 Å². The first-order chi connectivity index (χ1) is 5.74. The normalized spacial score (nSPS) is 13.7. The van der Waals surface area contributed by atoms with Crippen molar-refractivity contribution < 1.29 is 13.7 Å². The van der Waals surface area contributed by atoms with Gasteiger partial charge in [0.1, 0.15) is 0 Å². The first-order valence-corrected chi connectivity index (χ1v) is 5.64. The van der Waals surface area contributed by atoms with E-state index in [1.165, 1.54) is 0 Å². The summed E-state index contributed by atoms with van der Waals surface area (Å²) in [5, 5.41) is 0. The SMILES string of the molecule is CCCCS(=O)CC(OC)OC. The summed E-state index contributed by atoms with van der Waals surface area (Å²) in [4.78, 5) is 0. The fraction of sp³-hybridized carbons (Fsp3) is 1.00. The molecule has 1 unspecified atom stereocenters. The Labute approximate surface area is 76.9 Å². The summed E-state index contributed by atoms with van der Waals surface area (Å²) >= 11 is 0. The Hall–Kier alpha value is 0.0700. The fourth-order valence-corrected chi connectivity index (χ4v) is 2.13. The van der Waals surface area contributed by atoms with Crippen LogP contribution in [0.1, 0.15) is 19.8 Å². The lowest BCUT2D eigenvalue weighted by Gasteiger charge is -2.12. The van der Waals surface area contributed by atoms with Crippen LogP contribution < -0.4 is 0 Å². The molecule has 0 amide bonds. The summed E-state index contributed by atoms with van der Waals surface area (Å²) in [6.45, 7) is 2.08. The molecule has 0 radical (unpaired) electrons. The van der Waals surface area contributed by atoms with E-state index in [4.69, 9.17) is 9.47 Å². The molecule has 0 aromatic heterocycles. The van der Waals surface area contributed by atoms with Gasteiger partial charge in [-0.1, -0.05) is 13.3 Å². The molecule has 0 fully saturated rings. The van der Waals surface area contributed by atoms with Gasteiger partial charge in [-0.25, -0.2) is 0 Å². The van der Waals surface area contributed by atoms with E-state index in [1.807, 2.05) is 0 Å². The molecule has 12 heavy (non-hydrogen) atoms. The van der Waals surface area contributed by atoms with Gasteiger partial charge in [-0.2, -0.15) is 0 Å². The van der Waals surface area contributed by atoms with E-state index in [-0.39, 0.29) is 6.29 Å². The Morgan fingerprint density at radius 1 is 1.33 bits per heavy atom. The molecule has 0 rings (SSSR count). The average Bonchev–Trinajstić information content (AvgIpc) is 2.10. The molecule has 0 bridgehead atoms. The Morgan fingerprint density at radius 3 is 2.33 bits per heavy atom. The van der Waals surface area contributed by atoms with Crippen molar-refractivity contribution in [2.75, 3.05) is 25.7 Å². The minimum absolute atomic E-state index is 0.317. The summed E-state index contributed by atoms with van der Waals surface area (Å²) in [6.07, 6.45) is 1.77. The molecule has 0 saturated heterocycles. The lowest BCUT2D eigenvalue weighted by molar-refractivity contribution is -0.0847. The van der Waals surface area contributed by atoms with Gasteiger partial charge >= 0.3 is 0 Å². The van der Waals surface area contributed by atoms with Gasteiger partial charge < -0.3 is 9.47 Å². The summed E-state index contributed by atoms with van der Waals surface area (Å²) in [6, 6.07) is 0. The van der Waals surface area contributed by atoms with Crippen molar-refractivity contribution in [3.8, 4) is 0 Å². The Morgan fingerprint density at radius 2 is 1.92 bits per heavy atom. The Kier molecular flexibility index (Phi) is 7.75. The molecule has 4 heteroatoms. The highest BCUT2D eigenvalue weighted by Gasteiger charge is 2.09. The smallest absolute Gasteiger partial charge is 0.168 e. The van der Waals surface area contributed by atoms with Crippen LogP contribution in [0.2, 0.25) is 0 Å². The quantitative estimate of drug-likeness (QED) is 0.570. The molecule has 0 spiro atoms. The van der Waals surface area contributed by atoms with Crippen molar-refractivity contribution in [2.24, 2.45) is 0 Å². The number of methoxy groups -OCH3 is 2. The number of hydrogen-bond donors (Lipinski definition) is 0. The zero-order chi connectivity index (χ0) is 9.40. The Bertz CT molecular complexity index is 123. The van der Waals surface area contributed by atoms with E-state index in [9.17, 15) is 4.21 Å². The summed E-state index contributed by atoms with van der Waals surface area (Å²) in [5.74, 6) is 1.23. The molecular weight excluding hydrogens is 176 g/mol. The molecule has 0 aliphatic heterocycles. The van der Waals surface area contributed by atoms with Crippen LogP contribution in [0, 0.1) is 0 Å². The van der Waals surface area contributed by atoms with Crippen molar-refractivity contribution >= 4 is 10.8 Å². The lowest BCUT2D eigenvalue weighted by atomic mass is 10.4. The molecule has 1 atom stereocenters. The van der Waals surface area contributed by atoms with Crippen molar-refractivity contribution in [3.05, 3.63) is 0 Å². The number of unbranched alkanes of at least 4 members (excludes halogenated alkanes) is 1. The third kappa shape index (κ3) is 5.69.